The Balaban J connectivity index is 0.000000132. The molecule has 0 saturated carbocycles. The number of fused-ring (bicyclic) bond motifs is 1. The van der Waals surface area contributed by atoms with Crippen LogP contribution < -0.4 is 18.9 Å². The first-order valence-corrected chi connectivity index (χ1v) is 52.0. The molecule has 0 bridgehead atoms. The predicted molar refractivity (Wildman–Crippen MR) is 576 cm³/mol. The van der Waals surface area contributed by atoms with Crippen molar-refractivity contribution < 1.29 is 56.5 Å². The standard InChI is InChI=1S/C24H24N2O2.C22H28N2O.C20H24N2O.C19H21FN2O2.C19H21FN2O.C19H20N2O3/c1-18-14-16-26(17-15-18)24(27)22-12-7-11-21(25-22)20-10-5-6-13-23(20)28-19-8-3-2-4-9-19;1-16-12-14-24(15-13-16)21(25)20-7-5-6-19(23-20)17-8-10-18(11-9-17)22(2,3)4;1-14-9-11-22(12-10-14)20(23)19-6-4-5-18(21-19)17-8-7-15(2)16(3)13-17;1-13-8-10-22(11-9-13)19(23)17-5-3-4-16(21-17)14-6-7-18(24-2)15(20)12-14;1-13-8-10-22(11-9-13)19(23)18-5-3-4-17(21-18)15-7-6-14(2)16(20)12-15;1-13-7-9-21(10-8-13)19(22)16-4-2-3-15(20-16)14-5-6-17-18(11-14)24-12-23-17/h2-13,18H,14-17H2,1H3;5-11,16H,12-15H2,1-4H3;4-8,13-14H,9-12H2,1-3H3;3-7,12-13H,8-11H2,1-2H3;3-7,12-13H,8-11H2,1-2H3;2-6,11,13H,7-10,12H2,1H3. The van der Waals surface area contributed by atoms with E-state index in [2.05, 4.69) is 149 Å². The molecule has 6 aromatic heterocycles. The third-order valence-corrected chi connectivity index (χ3v) is 28.8. The number of rotatable bonds is 15. The summed E-state index contributed by atoms with van der Waals surface area (Å²) in [4.78, 5) is 115. The molecule has 0 atom stereocenters. The van der Waals surface area contributed by atoms with Crippen LogP contribution in [-0.4, -0.2) is 187 Å². The lowest BCUT2D eigenvalue weighted by Crippen LogP contribution is -2.38. The number of likely N-dealkylation sites (tertiary alicyclic amines) is 6. The number of aryl methyl sites for hydroxylation is 3. The number of carbonyl (C=O) groups is 6. The Kier molecular flexibility index (Phi) is 36.6. The number of piperidine rings is 6. The number of methoxy groups -OCH3 is 1. The van der Waals surface area contributed by atoms with Crippen LogP contribution in [0.3, 0.4) is 0 Å². The number of benzene rings is 7. The monoisotopic (exact) mass is 1980 g/mol. The van der Waals surface area contributed by atoms with Crippen molar-refractivity contribution in [3.05, 3.63) is 329 Å². The first kappa shape index (κ1) is 107. The summed E-state index contributed by atoms with van der Waals surface area (Å²) in [6.07, 6.45) is 12.7. The highest BCUT2D eigenvalue weighted by Crippen LogP contribution is 2.39. The van der Waals surface area contributed by atoms with Gasteiger partial charge in [-0.15, -0.1) is 0 Å². The normalized spacial score (nSPS) is 15.7. The zero-order valence-electron chi connectivity index (χ0n) is 87.2. The minimum absolute atomic E-state index is 0.00945. The Morgan fingerprint density at radius 3 is 0.946 bits per heavy atom. The molecule has 7 aliphatic rings. The maximum absolute atomic E-state index is 13.9. The first-order chi connectivity index (χ1) is 70.9. The van der Waals surface area contributed by atoms with Crippen molar-refractivity contribution in [2.45, 2.75) is 166 Å². The average molecular weight is 1980 g/mol. The molecule has 7 aliphatic heterocycles. The van der Waals surface area contributed by atoms with E-state index in [0.717, 1.165) is 224 Å². The molecule has 0 aliphatic carbocycles. The van der Waals surface area contributed by atoms with Gasteiger partial charge >= 0.3 is 0 Å². The number of carbonyl (C=O) groups excluding carboxylic acids is 6. The van der Waals surface area contributed by atoms with Gasteiger partial charge in [-0.3, -0.25) is 28.8 Å². The largest absolute Gasteiger partial charge is 0.494 e. The van der Waals surface area contributed by atoms with E-state index in [1.54, 1.807) is 73.7 Å². The molecule has 147 heavy (non-hydrogen) atoms. The molecule has 24 heteroatoms. The van der Waals surface area contributed by atoms with Gasteiger partial charge < -0.3 is 48.3 Å². The number of nitrogens with zero attached hydrogens (tertiary/aromatic N) is 12. The fourth-order valence-electron chi connectivity index (χ4n) is 18.6. The Morgan fingerprint density at radius 1 is 0.293 bits per heavy atom. The van der Waals surface area contributed by atoms with Crippen LogP contribution in [0.1, 0.15) is 225 Å². The average Bonchev–Trinajstić information content (AvgIpc) is 1.67. The third-order valence-electron chi connectivity index (χ3n) is 28.8. The molecule has 0 N–H and O–H groups in total. The van der Waals surface area contributed by atoms with Crippen LogP contribution in [0.5, 0.6) is 28.7 Å². The highest BCUT2D eigenvalue weighted by molar-refractivity contribution is 5.96. The minimum Gasteiger partial charge on any atom is -0.494 e. The minimum atomic E-state index is -0.446. The number of hydrogen-bond acceptors (Lipinski definition) is 16. The van der Waals surface area contributed by atoms with E-state index in [9.17, 15) is 37.5 Å². The number of para-hydroxylation sites is 2. The number of pyridine rings is 6. The van der Waals surface area contributed by atoms with Crippen molar-refractivity contribution in [2.24, 2.45) is 35.5 Å². The van der Waals surface area contributed by atoms with Crippen LogP contribution in [0.25, 0.3) is 67.5 Å². The van der Waals surface area contributed by atoms with Gasteiger partial charge in [-0.2, -0.15) is 0 Å². The molecule has 0 spiro atoms. The summed E-state index contributed by atoms with van der Waals surface area (Å²) in [6.45, 7) is 35.9. The molecule has 0 radical (unpaired) electrons. The molecule has 20 rings (SSSR count). The van der Waals surface area contributed by atoms with Gasteiger partial charge in [0.2, 0.25) is 6.79 Å². The van der Waals surface area contributed by atoms with Gasteiger partial charge in [-0.25, -0.2) is 38.7 Å². The van der Waals surface area contributed by atoms with Crippen molar-refractivity contribution in [3.8, 4) is 96.3 Å². The number of hydrogen-bond donors (Lipinski definition) is 0. The fourth-order valence-corrected chi connectivity index (χ4v) is 18.6. The maximum atomic E-state index is 13.9. The fraction of sp³-hybridized carbons (Fsp3) is 0.366. The Labute approximate surface area is 864 Å². The lowest BCUT2D eigenvalue weighted by atomic mass is 9.86. The van der Waals surface area contributed by atoms with Crippen molar-refractivity contribution in [1.82, 2.24) is 59.3 Å². The molecule has 6 saturated heterocycles. The first-order valence-electron chi connectivity index (χ1n) is 52.0. The summed E-state index contributed by atoms with van der Waals surface area (Å²) in [7, 11) is 1.43. The molecule has 13 aromatic rings. The van der Waals surface area contributed by atoms with Crippen molar-refractivity contribution in [3.63, 3.8) is 0 Å². The van der Waals surface area contributed by atoms with E-state index in [-0.39, 0.29) is 59.2 Å². The van der Waals surface area contributed by atoms with Gasteiger partial charge in [0.15, 0.2) is 23.1 Å². The third kappa shape index (κ3) is 28.8. The van der Waals surface area contributed by atoms with Crippen molar-refractivity contribution in [1.29, 1.82) is 0 Å². The quantitative estimate of drug-likeness (QED) is 0.0927. The van der Waals surface area contributed by atoms with Crippen LogP contribution in [0.15, 0.2) is 261 Å². The lowest BCUT2D eigenvalue weighted by molar-refractivity contribution is 0.0684. The Hall–Kier alpha value is -14.7. The summed E-state index contributed by atoms with van der Waals surface area (Å²) >= 11 is 0. The van der Waals surface area contributed by atoms with E-state index in [1.165, 1.54) is 35.9 Å². The summed E-state index contributed by atoms with van der Waals surface area (Å²) in [5, 5.41) is 0. The van der Waals surface area contributed by atoms with Gasteiger partial charge in [-0.1, -0.05) is 178 Å². The number of ether oxygens (including phenoxy) is 4. The summed E-state index contributed by atoms with van der Waals surface area (Å²) in [6, 6.07) is 80.9. The lowest BCUT2D eigenvalue weighted by Gasteiger charge is -2.30. The van der Waals surface area contributed by atoms with Crippen LogP contribution in [0.4, 0.5) is 8.78 Å². The van der Waals surface area contributed by atoms with Crippen LogP contribution in [-0.2, 0) is 5.41 Å². The molecular weight excluding hydrogens is 1840 g/mol. The van der Waals surface area contributed by atoms with Crippen LogP contribution >= 0.6 is 0 Å². The van der Waals surface area contributed by atoms with E-state index < -0.39 is 5.82 Å². The zero-order chi connectivity index (χ0) is 104. The van der Waals surface area contributed by atoms with Gasteiger partial charge in [0.25, 0.3) is 35.4 Å². The maximum Gasteiger partial charge on any atom is 0.272 e. The molecule has 764 valence electrons. The SMILES string of the molecule is CC1CCN(C(=O)c2cccc(-c3ccc(C(C)(C)C)cc3)n2)CC1.CC1CCN(C(=O)c2cccc(-c3ccc4c(c3)OCO4)n2)CC1.CC1CCN(C(=O)c2cccc(-c3ccccc3Oc3ccccc3)n2)CC1.COc1ccc(-c2cccc(C(=O)N3CCC(C)CC3)n2)cc1F.Cc1ccc(-c2cccc(C(=O)N3CCC(C)CC3)n2)cc1C.Cc1ccc(-c2cccc(C(=O)N3CCC(C)CC3)n2)cc1F. The van der Waals surface area contributed by atoms with E-state index >= 15 is 0 Å². The molecule has 0 unspecified atom stereocenters. The van der Waals surface area contributed by atoms with Gasteiger partial charge in [0, 0.05) is 112 Å². The molecule has 13 heterocycles. The molecule has 7 aromatic carbocycles. The van der Waals surface area contributed by atoms with Gasteiger partial charge in [-0.05, 0) is 307 Å². The smallest absolute Gasteiger partial charge is 0.272 e. The Morgan fingerprint density at radius 2 is 0.592 bits per heavy atom. The zero-order valence-corrected chi connectivity index (χ0v) is 87.2. The predicted octanol–water partition coefficient (Wildman–Crippen LogP) is 25.8. The van der Waals surface area contributed by atoms with Gasteiger partial charge in [0.1, 0.15) is 51.5 Å². The van der Waals surface area contributed by atoms with E-state index in [4.69, 9.17) is 18.9 Å². The highest BCUT2D eigenvalue weighted by Gasteiger charge is 2.31. The second kappa shape index (κ2) is 50.4. The number of amides is 6. The summed E-state index contributed by atoms with van der Waals surface area (Å²) in [5.41, 5.74) is 17.1. The molecular formula is C123H138F2N12O10. The van der Waals surface area contributed by atoms with Gasteiger partial charge in [0.05, 0.1) is 41.3 Å². The molecule has 6 amide bonds. The highest BCUT2D eigenvalue weighted by atomic mass is 19.1. The topological polar surface area (TPSA) is 236 Å². The molecule has 22 nitrogen and oxygen atoms in total. The van der Waals surface area contributed by atoms with Crippen LogP contribution in [0, 0.1) is 67.9 Å². The summed E-state index contributed by atoms with van der Waals surface area (Å²) < 4.78 is 49.4. The van der Waals surface area contributed by atoms with Crippen molar-refractivity contribution in [2.75, 3.05) is 92.4 Å². The molecule has 6 fully saturated rings. The summed E-state index contributed by atoms with van der Waals surface area (Å²) in [5.74, 6) is 6.63. The number of aromatic nitrogens is 6. The Bertz CT molecular complexity index is 6560. The van der Waals surface area contributed by atoms with E-state index in [1.807, 2.05) is 169 Å². The number of halogens is 2. The van der Waals surface area contributed by atoms with Crippen LogP contribution in [0.2, 0.25) is 0 Å². The second-order valence-corrected chi connectivity index (χ2v) is 41.2. The second-order valence-electron chi connectivity index (χ2n) is 41.2. The van der Waals surface area contributed by atoms with Crippen molar-refractivity contribution >= 4 is 35.4 Å². The van der Waals surface area contributed by atoms with E-state index in [0.29, 0.717) is 97.7 Å².